The van der Waals surface area contributed by atoms with Crippen molar-refractivity contribution in [2.24, 2.45) is 23.7 Å². The van der Waals surface area contributed by atoms with Crippen LogP contribution in [-0.4, -0.2) is 23.1 Å². The Morgan fingerprint density at radius 3 is 1.44 bits per heavy atom. The maximum atomic E-state index is 12.8. The predicted octanol–water partition coefficient (Wildman–Crippen LogP) is 6.30. The van der Waals surface area contributed by atoms with Gasteiger partial charge in [-0.1, -0.05) is 33.8 Å². The molecule has 0 bridgehead atoms. The second-order valence-electron chi connectivity index (χ2n) is 8.66. The van der Waals surface area contributed by atoms with Crippen molar-refractivity contribution in [1.29, 1.82) is 0 Å². The van der Waals surface area contributed by atoms with Crippen LogP contribution in [0, 0.1) is 35.3 Å². The fraction of sp³-hybridized carbons (Fsp3) is 0.357. The number of carbonyl (C=O) groups excluding carboxylic acids is 4. The van der Waals surface area contributed by atoms with Crippen LogP contribution in [0.4, 0.5) is 8.78 Å². The SMILES string of the molecule is C=CCC(C(=O)c1ccc(F)cc1)C(=O)C(C)C.CC(C)C(=O)C(C)C(=O)c1ccc(F)cc1. The lowest BCUT2D eigenvalue weighted by Gasteiger charge is -2.15. The molecule has 0 fully saturated rings. The molecule has 182 valence electrons. The number of rotatable bonds is 10. The second-order valence-corrected chi connectivity index (χ2v) is 8.66. The lowest BCUT2D eigenvalue weighted by atomic mass is 9.86. The molecule has 0 saturated heterocycles. The highest BCUT2D eigenvalue weighted by Gasteiger charge is 2.28. The Labute approximate surface area is 200 Å². The summed E-state index contributed by atoms with van der Waals surface area (Å²) >= 11 is 0. The van der Waals surface area contributed by atoms with Gasteiger partial charge in [-0.05, 0) is 61.9 Å². The molecule has 0 spiro atoms. The number of benzene rings is 2. The van der Waals surface area contributed by atoms with Crippen LogP contribution in [0.3, 0.4) is 0 Å². The first kappa shape index (κ1) is 28.8. The van der Waals surface area contributed by atoms with E-state index in [-0.39, 0.29) is 40.8 Å². The van der Waals surface area contributed by atoms with Crippen LogP contribution < -0.4 is 0 Å². The van der Waals surface area contributed by atoms with Crippen LogP contribution in [0.1, 0.15) is 61.8 Å². The van der Waals surface area contributed by atoms with Crippen LogP contribution in [0.15, 0.2) is 61.2 Å². The molecule has 0 aliphatic carbocycles. The van der Waals surface area contributed by atoms with Gasteiger partial charge in [0.15, 0.2) is 11.6 Å². The molecule has 6 heteroatoms. The molecule has 0 aromatic heterocycles. The van der Waals surface area contributed by atoms with E-state index in [1.807, 2.05) is 0 Å². The molecule has 2 atom stereocenters. The molecule has 0 aliphatic rings. The number of allylic oxidation sites excluding steroid dienone is 1. The molecule has 0 saturated carbocycles. The van der Waals surface area contributed by atoms with Gasteiger partial charge in [0, 0.05) is 23.0 Å². The van der Waals surface area contributed by atoms with E-state index in [1.54, 1.807) is 40.7 Å². The second kappa shape index (κ2) is 13.4. The van der Waals surface area contributed by atoms with Crippen LogP contribution in [-0.2, 0) is 9.59 Å². The number of ketones is 4. The van der Waals surface area contributed by atoms with Gasteiger partial charge in [0.25, 0.3) is 0 Å². The molecule has 0 radical (unpaired) electrons. The maximum absolute atomic E-state index is 12.8. The Balaban J connectivity index is 0.000000342. The van der Waals surface area contributed by atoms with Gasteiger partial charge in [-0.15, -0.1) is 6.58 Å². The van der Waals surface area contributed by atoms with Gasteiger partial charge >= 0.3 is 0 Å². The zero-order chi connectivity index (χ0) is 26.0. The summed E-state index contributed by atoms with van der Waals surface area (Å²) in [5, 5.41) is 0. The first-order valence-electron chi connectivity index (χ1n) is 11.2. The van der Waals surface area contributed by atoms with Crippen molar-refractivity contribution in [2.75, 3.05) is 0 Å². The fourth-order valence-electron chi connectivity index (χ4n) is 3.23. The molecule has 2 aromatic rings. The summed E-state index contributed by atoms with van der Waals surface area (Å²) in [6, 6.07) is 10.5. The van der Waals surface area contributed by atoms with Crippen LogP contribution >= 0.6 is 0 Å². The number of hydrogen-bond acceptors (Lipinski definition) is 4. The molecular weight excluding hydrogens is 438 g/mol. The highest BCUT2D eigenvalue weighted by molar-refractivity contribution is 6.11. The van der Waals surface area contributed by atoms with E-state index >= 15 is 0 Å². The Kier molecular flexibility index (Phi) is 11.4. The van der Waals surface area contributed by atoms with Crippen LogP contribution in [0.25, 0.3) is 0 Å². The molecular formula is C28H32F2O4. The third-order valence-electron chi connectivity index (χ3n) is 5.28. The molecule has 34 heavy (non-hydrogen) atoms. The Morgan fingerprint density at radius 2 is 1.09 bits per heavy atom. The minimum Gasteiger partial charge on any atom is -0.299 e. The molecule has 2 unspecified atom stereocenters. The summed E-state index contributed by atoms with van der Waals surface area (Å²) in [7, 11) is 0. The fourth-order valence-corrected chi connectivity index (χ4v) is 3.23. The Hall–Kier alpha value is -3.28. The van der Waals surface area contributed by atoms with E-state index in [2.05, 4.69) is 6.58 Å². The monoisotopic (exact) mass is 470 g/mol. The summed E-state index contributed by atoms with van der Waals surface area (Å²) in [6.07, 6.45) is 1.87. The van der Waals surface area contributed by atoms with Gasteiger partial charge in [-0.25, -0.2) is 8.78 Å². The zero-order valence-corrected chi connectivity index (χ0v) is 20.3. The number of Topliss-reactive ketones (excluding diaryl/α,β-unsaturated/α-hetero) is 4. The minimum absolute atomic E-state index is 0.0886. The first-order chi connectivity index (χ1) is 15.9. The Morgan fingerprint density at radius 1 is 0.706 bits per heavy atom. The highest BCUT2D eigenvalue weighted by Crippen LogP contribution is 2.18. The number of hydrogen-bond donors (Lipinski definition) is 0. The molecule has 0 aliphatic heterocycles. The van der Waals surface area contributed by atoms with Gasteiger partial charge in [-0.3, -0.25) is 19.2 Å². The third-order valence-corrected chi connectivity index (χ3v) is 5.28. The van der Waals surface area contributed by atoms with Crippen molar-refractivity contribution >= 4 is 23.1 Å². The van der Waals surface area contributed by atoms with E-state index in [1.165, 1.54) is 48.5 Å². The Bertz CT molecular complexity index is 1010. The van der Waals surface area contributed by atoms with Crippen molar-refractivity contribution in [1.82, 2.24) is 0 Å². The van der Waals surface area contributed by atoms with Gasteiger partial charge in [0.2, 0.25) is 0 Å². The van der Waals surface area contributed by atoms with Gasteiger partial charge in [0.1, 0.15) is 23.2 Å². The van der Waals surface area contributed by atoms with Crippen LogP contribution in [0.2, 0.25) is 0 Å². The number of halogens is 2. The molecule has 4 nitrogen and oxygen atoms in total. The van der Waals surface area contributed by atoms with Gasteiger partial charge in [-0.2, -0.15) is 0 Å². The van der Waals surface area contributed by atoms with E-state index in [0.29, 0.717) is 17.5 Å². The average Bonchev–Trinajstić information content (AvgIpc) is 2.81. The lowest BCUT2D eigenvalue weighted by molar-refractivity contribution is -0.125. The molecule has 0 N–H and O–H groups in total. The first-order valence-corrected chi connectivity index (χ1v) is 11.2. The molecule has 0 amide bonds. The number of carbonyl (C=O) groups is 4. The van der Waals surface area contributed by atoms with Crippen LogP contribution in [0.5, 0.6) is 0 Å². The van der Waals surface area contributed by atoms with Crippen molar-refractivity contribution in [3.05, 3.63) is 83.9 Å². The summed E-state index contributed by atoms with van der Waals surface area (Å²) < 4.78 is 25.5. The molecule has 2 aromatic carbocycles. The van der Waals surface area contributed by atoms with E-state index in [0.717, 1.165) is 0 Å². The standard InChI is InChI=1S/C15H17FO2.C13H15FO2/c1-4-5-13(14(17)10(2)3)15(18)11-6-8-12(16)9-7-11;1-8(2)12(15)9(3)13(16)10-4-6-11(14)7-5-10/h4,6-10,13H,1,5H2,2-3H3;4-9H,1-3H3. The topological polar surface area (TPSA) is 68.3 Å². The third kappa shape index (κ3) is 8.25. The normalized spacial score (nSPS) is 12.4. The predicted molar refractivity (Wildman–Crippen MR) is 129 cm³/mol. The zero-order valence-electron chi connectivity index (χ0n) is 20.3. The summed E-state index contributed by atoms with van der Waals surface area (Å²) in [5.74, 6) is -3.26. The molecule has 2 rings (SSSR count). The van der Waals surface area contributed by atoms with Crippen molar-refractivity contribution < 1.29 is 28.0 Å². The summed E-state index contributed by atoms with van der Waals surface area (Å²) in [6.45, 7) is 12.2. The van der Waals surface area contributed by atoms with Gasteiger partial charge < -0.3 is 0 Å². The minimum atomic E-state index is -0.715. The maximum Gasteiger partial charge on any atom is 0.173 e. The quantitative estimate of drug-likeness (QED) is 0.232. The van der Waals surface area contributed by atoms with Crippen molar-refractivity contribution in [3.63, 3.8) is 0 Å². The lowest BCUT2D eigenvalue weighted by Crippen LogP contribution is -2.27. The van der Waals surface area contributed by atoms with Crippen molar-refractivity contribution in [2.45, 2.75) is 41.0 Å². The van der Waals surface area contributed by atoms with Gasteiger partial charge in [0.05, 0.1) is 11.8 Å². The largest absolute Gasteiger partial charge is 0.299 e. The summed E-state index contributed by atoms with van der Waals surface area (Å²) in [5.41, 5.74) is 0.736. The van der Waals surface area contributed by atoms with Crippen molar-refractivity contribution in [3.8, 4) is 0 Å². The average molecular weight is 471 g/mol. The smallest absolute Gasteiger partial charge is 0.173 e. The van der Waals surface area contributed by atoms with E-state index in [9.17, 15) is 28.0 Å². The van der Waals surface area contributed by atoms with E-state index in [4.69, 9.17) is 0 Å². The highest BCUT2D eigenvalue weighted by atomic mass is 19.1. The van der Waals surface area contributed by atoms with E-state index < -0.39 is 17.7 Å². The molecule has 0 heterocycles. The summed E-state index contributed by atoms with van der Waals surface area (Å²) in [4.78, 5) is 47.7.